The van der Waals surface area contributed by atoms with Crippen LogP contribution in [0.4, 0.5) is 11.6 Å². The first-order valence-electron chi connectivity index (χ1n) is 19.3. The Morgan fingerprint density at radius 2 is 1.62 bits per heavy atom. The van der Waals surface area contributed by atoms with E-state index in [1.807, 2.05) is 30.3 Å². The van der Waals surface area contributed by atoms with Crippen molar-refractivity contribution >= 4 is 35.3 Å². The fraction of sp³-hybridized carbons (Fsp3) is 0.395. The molecule has 0 radical (unpaired) electrons. The molecule has 4 aliphatic heterocycles. The lowest BCUT2D eigenvalue weighted by atomic mass is 9.78. The van der Waals surface area contributed by atoms with Crippen LogP contribution in [0.5, 0.6) is 11.5 Å². The molecule has 1 aromatic heterocycles. The standard InChI is InChI=1S/C43H44N6O7/c1-42(2,26-3-8-31(9-4-26)55-22-29-15-17-44-41(46-29)48-23-43(24-48)16-18-54-25-43)27-5-10-32(11-6-27)56-33-19-30(20-33)45-28-7-12-34-35(21-28)40(53)49(39(34)52)36-13-14-37(50)47-38(36)51/h3-12,15,17,21,30,33,36,45H,13-14,16,18-20,22-25H2,1-2H3,(H,47,50,51)/t30-,33+,36?. The van der Waals surface area contributed by atoms with Crippen molar-refractivity contribution in [2.45, 2.75) is 76.2 Å². The lowest BCUT2D eigenvalue weighted by Crippen LogP contribution is -2.57. The predicted octanol–water partition coefficient (Wildman–Crippen LogP) is 5.03. The third-order valence-electron chi connectivity index (χ3n) is 12.0. The van der Waals surface area contributed by atoms with Gasteiger partial charge >= 0.3 is 0 Å². The molecule has 1 unspecified atom stereocenters. The second-order valence-electron chi connectivity index (χ2n) is 16.2. The molecule has 56 heavy (non-hydrogen) atoms. The van der Waals surface area contributed by atoms with E-state index in [1.54, 1.807) is 24.4 Å². The average molecular weight is 757 g/mol. The number of rotatable bonds is 11. The summed E-state index contributed by atoms with van der Waals surface area (Å²) in [6, 6.07) is 22.6. The molecular formula is C43H44N6O7. The summed E-state index contributed by atoms with van der Waals surface area (Å²) in [5, 5.41) is 5.67. The van der Waals surface area contributed by atoms with E-state index in [0.717, 1.165) is 84.9 Å². The number of amides is 4. The van der Waals surface area contributed by atoms with Crippen LogP contribution >= 0.6 is 0 Å². The quantitative estimate of drug-likeness (QED) is 0.198. The number of hydrogen-bond acceptors (Lipinski definition) is 11. The van der Waals surface area contributed by atoms with Crippen molar-refractivity contribution < 1.29 is 33.4 Å². The largest absolute Gasteiger partial charge is 0.490 e. The van der Waals surface area contributed by atoms with Gasteiger partial charge in [-0.25, -0.2) is 9.97 Å². The number of carbonyl (C=O) groups is 4. The molecule has 4 amide bonds. The minimum absolute atomic E-state index is 0.0448. The Morgan fingerprint density at radius 1 is 0.911 bits per heavy atom. The fourth-order valence-electron chi connectivity index (χ4n) is 8.43. The molecule has 2 N–H and O–H groups in total. The number of anilines is 2. The van der Waals surface area contributed by atoms with Crippen molar-refractivity contribution in [2.75, 3.05) is 36.5 Å². The maximum absolute atomic E-state index is 13.2. The number of ether oxygens (including phenoxy) is 3. The molecule has 5 heterocycles. The van der Waals surface area contributed by atoms with Crippen LogP contribution < -0.4 is 25.0 Å². The summed E-state index contributed by atoms with van der Waals surface area (Å²) in [6.07, 6.45) is 4.72. The van der Waals surface area contributed by atoms with Gasteiger partial charge in [-0.2, -0.15) is 0 Å². The Morgan fingerprint density at radius 3 is 2.32 bits per heavy atom. The summed E-state index contributed by atoms with van der Waals surface area (Å²) in [7, 11) is 0. The summed E-state index contributed by atoms with van der Waals surface area (Å²) in [4.78, 5) is 62.6. The Hall–Kier alpha value is -5.82. The summed E-state index contributed by atoms with van der Waals surface area (Å²) >= 11 is 0. The van der Waals surface area contributed by atoms with Crippen LogP contribution in [0.25, 0.3) is 0 Å². The molecule has 3 saturated heterocycles. The van der Waals surface area contributed by atoms with Gasteiger partial charge in [-0.1, -0.05) is 38.1 Å². The minimum atomic E-state index is -0.986. The summed E-state index contributed by atoms with van der Waals surface area (Å²) < 4.78 is 18.0. The second kappa shape index (κ2) is 14.0. The lowest BCUT2D eigenvalue weighted by molar-refractivity contribution is -0.136. The smallest absolute Gasteiger partial charge is 0.262 e. The number of carbonyl (C=O) groups excluding carboxylic acids is 4. The highest BCUT2D eigenvalue weighted by Gasteiger charge is 2.47. The zero-order chi connectivity index (χ0) is 38.6. The summed E-state index contributed by atoms with van der Waals surface area (Å²) in [6.45, 7) is 8.33. The van der Waals surface area contributed by atoms with Crippen LogP contribution in [-0.4, -0.2) is 83.0 Å². The SMILES string of the molecule is CC(C)(c1ccc(OCc2ccnc(N3CC4(CCOC4)C3)n2)cc1)c1ccc(O[C@H]2C[C@@H](Nc3ccc4c(c3)C(=O)N(C3CCC(=O)NC3=O)C4=O)C2)cc1. The predicted molar refractivity (Wildman–Crippen MR) is 206 cm³/mol. The van der Waals surface area contributed by atoms with E-state index in [0.29, 0.717) is 6.61 Å². The van der Waals surface area contributed by atoms with Crippen LogP contribution in [0.3, 0.4) is 0 Å². The topological polar surface area (TPSA) is 152 Å². The van der Waals surface area contributed by atoms with E-state index in [9.17, 15) is 19.2 Å². The van der Waals surface area contributed by atoms with Gasteiger partial charge in [0.15, 0.2) is 0 Å². The second-order valence-corrected chi connectivity index (χ2v) is 16.2. The Labute approximate surface area is 324 Å². The molecule has 1 saturated carbocycles. The fourth-order valence-corrected chi connectivity index (χ4v) is 8.43. The van der Waals surface area contributed by atoms with Crippen LogP contribution in [0.1, 0.15) is 83.5 Å². The van der Waals surface area contributed by atoms with Gasteiger partial charge in [0.1, 0.15) is 30.3 Å². The molecule has 288 valence electrons. The molecule has 4 fully saturated rings. The van der Waals surface area contributed by atoms with E-state index >= 15 is 0 Å². The lowest BCUT2D eigenvalue weighted by Gasteiger charge is -2.47. The number of benzene rings is 3. The van der Waals surface area contributed by atoms with E-state index < -0.39 is 29.7 Å². The number of aromatic nitrogens is 2. The first-order chi connectivity index (χ1) is 27.0. The third kappa shape index (κ3) is 6.74. The Balaban J connectivity index is 0.746. The van der Waals surface area contributed by atoms with E-state index in [-0.39, 0.29) is 46.9 Å². The monoisotopic (exact) mass is 756 g/mol. The maximum atomic E-state index is 13.2. The van der Waals surface area contributed by atoms with Crippen molar-refractivity contribution in [2.24, 2.45) is 5.41 Å². The zero-order valence-corrected chi connectivity index (χ0v) is 31.5. The first-order valence-corrected chi connectivity index (χ1v) is 19.3. The summed E-state index contributed by atoms with van der Waals surface area (Å²) in [5.74, 6) is 0.286. The molecule has 4 aromatic rings. The van der Waals surface area contributed by atoms with Gasteiger partial charge in [-0.3, -0.25) is 29.4 Å². The number of fused-ring (bicyclic) bond motifs is 1. The van der Waals surface area contributed by atoms with E-state index in [4.69, 9.17) is 19.2 Å². The van der Waals surface area contributed by atoms with Crippen LogP contribution in [-0.2, 0) is 26.3 Å². The van der Waals surface area contributed by atoms with Gasteiger partial charge in [0.2, 0.25) is 17.8 Å². The van der Waals surface area contributed by atoms with Crippen LogP contribution in [0.15, 0.2) is 79.0 Å². The number of nitrogens with zero attached hydrogens (tertiary/aromatic N) is 4. The van der Waals surface area contributed by atoms with Gasteiger partial charge in [-0.05, 0) is 72.5 Å². The molecule has 3 aromatic carbocycles. The van der Waals surface area contributed by atoms with Crippen LogP contribution in [0.2, 0.25) is 0 Å². The third-order valence-corrected chi connectivity index (χ3v) is 12.0. The van der Waals surface area contributed by atoms with Gasteiger partial charge in [0.25, 0.3) is 11.8 Å². The molecule has 1 atom stereocenters. The molecule has 1 aliphatic carbocycles. The summed E-state index contributed by atoms with van der Waals surface area (Å²) in [5.41, 5.74) is 4.44. The number of imide groups is 2. The molecule has 5 aliphatic rings. The Kier molecular flexibility index (Phi) is 8.99. The Bertz CT molecular complexity index is 2190. The molecule has 1 spiro atoms. The highest BCUT2D eigenvalue weighted by Crippen LogP contribution is 2.40. The van der Waals surface area contributed by atoms with E-state index in [1.165, 1.54) is 5.56 Å². The van der Waals surface area contributed by atoms with Crippen LogP contribution in [0, 0.1) is 5.41 Å². The highest BCUT2D eigenvalue weighted by atomic mass is 16.5. The molecule has 13 heteroatoms. The van der Waals surface area contributed by atoms with E-state index in [2.05, 4.69) is 58.6 Å². The number of nitrogens with one attached hydrogen (secondary N) is 2. The average Bonchev–Trinajstić information content (AvgIpc) is 3.76. The van der Waals surface area contributed by atoms with Gasteiger partial charge in [0.05, 0.1) is 23.4 Å². The van der Waals surface area contributed by atoms with Gasteiger partial charge in [0, 0.05) is 67.7 Å². The van der Waals surface area contributed by atoms with Crippen molar-refractivity contribution in [3.8, 4) is 11.5 Å². The van der Waals surface area contributed by atoms with Crippen molar-refractivity contribution in [1.82, 2.24) is 20.2 Å². The normalized spacial score (nSPS) is 22.7. The van der Waals surface area contributed by atoms with Crippen molar-refractivity contribution in [1.29, 1.82) is 0 Å². The number of piperidine rings is 1. The molecule has 9 rings (SSSR count). The highest BCUT2D eigenvalue weighted by molar-refractivity contribution is 6.23. The molecular weight excluding hydrogens is 713 g/mol. The zero-order valence-electron chi connectivity index (χ0n) is 31.5. The van der Waals surface area contributed by atoms with Gasteiger partial charge < -0.3 is 24.4 Å². The molecule has 13 nitrogen and oxygen atoms in total. The first kappa shape index (κ1) is 35.9. The maximum Gasteiger partial charge on any atom is 0.262 e. The molecule has 0 bridgehead atoms. The minimum Gasteiger partial charge on any atom is -0.490 e. The van der Waals surface area contributed by atoms with Crippen molar-refractivity contribution in [3.63, 3.8) is 0 Å². The number of hydrogen-bond donors (Lipinski definition) is 2. The van der Waals surface area contributed by atoms with Crippen molar-refractivity contribution in [3.05, 3.63) is 107 Å². The van der Waals surface area contributed by atoms with Gasteiger partial charge in [-0.15, -0.1) is 0 Å².